The molecule has 0 spiro atoms. The monoisotopic (exact) mass is 268 g/mol. The highest BCUT2D eigenvalue weighted by atomic mass is 15.1. The molecule has 104 valence electrons. The first kappa shape index (κ1) is 12.9. The minimum absolute atomic E-state index is 0.621. The molecular weight excluding hydrogens is 248 g/mol. The summed E-state index contributed by atoms with van der Waals surface area (Å²) in [6, 6.07) is 13.1. The van der Waals surface area contributed by atoms with Crippen LogP contribution in [0.3, 0.4) is 0 Å². The molecule has 0 unspecified atom stereocenters. The van der Waals surface area contributed by atoms with Crippen molar-refractivity contribution < 1.29 is 0 Å². The van der Waals surface area contributed by atoms with Crippen LogP contribution in [-0.4, -0.2) is 22.6 Å². The van der Waals surface area contributed by atoms with Crippen molar-refractivity contribution in [3.8, 4) is 0 Å². The average molecular weight is 268 g/mol. The molecule has 1 saturated carbocycles. The normalized spacial score (nSPS) is 14.0. The second-order valence-electron chi connectivity index (χ2n) is 5.20. The van der Waals surface area contributed by atoms with Gasteiger partial charge < -0.3 is 10.6 Å². The van der Waals surface area contributed by atoms with Crippen LogP contribution in [0.25, 0.3) is 0 Å². The van der Waals surface area contributed by atoms with Crippen molar-refractivity contribution in [1.29, 1.82) is 0 Å². The Kier molecular flexibility index (Phi) is 4.11. The first-order valence-corrected chi connectivity index (χ1v) is 7.27. The lowest BCUT2D eigenvalue weighted by Crippen LogP contribution is -2.09. The van der Waals surface area contributed by atoms with E-state index in [9.17, 15) is 0 Å². The molecule has 1 fully saturated rings. The van der Waals surface area contributed by atoms with Crippen LogP contribution in [0.1, 0.15) is 24.8 Å². The summed E-state index contributed by atoms with van der Waals surface area (Å²) in [5.41, 5.74) is 1.37. The number of benzene rings is 1. The van der Waals surface area contributed by atoms with E-state index in [1.54, 1.807) is 6.20 Å². The lowest BCUT2D eigenvalue weighted by molar-refractivity contribution is 0.852. The molecule has 1 heterocycles. The van der Waals surface area contributed by atoms with E-state index in [4.69, 9.17) is 0 Å². The number of hydrogen-bond donors (Lipinski definition) is 2. The lowest BCUT2D eigenvalue weighted by atomic mass is 10.1. The van der Waals surface area contributed by atoms with Gasteiger partial charge in [-0.05, 0) is 37.3 Å². The van der Waals surface area contributed by atoms with Gasteiger partial charge in [-0.3, -0.25) is 0 Å². The summed E-state index contributed by atoms with van der Waals surface area (Å²) in [6.45, 7) is 0.891. The number of nitrogens with zero attached hydrogens (tertiary/aromatic N) is 2. The van der Waals surface area contributed by atoms with Gasteiger partial charge >= 0.3 is 0 Å². The van der Waals surface area contributed by atoms with E-state index in [2.05, 4.69) is 44.9 Å². The van der Waals surface area contributed by atoms with Gasteiger partial charge in [0, 0.05) is 18.8 Å². The van der Waals surface area contributed by atoms with Crippen LogP contribution in [0.15, 0.2) is 42.6 Å². The van der Waals surface area contributed by atoms with E-state index < -0.39 is 0 Å². The lowest BCUT2D eigenvalue weighted by Gasteiger charge is -2.07. The van der Waals surface area contributed by atoms with Gasteiger partial charge in [-0.1, -0.05) is 30.3 Å². The molecule has 20 heavy (non-hydrogen) atoms. The summed E-state index contributed by atoms with van der Waals surface area (Å²) < 4.78 is 0. The number of hydrogen-bond acceptors (Lipinski definition) is 4. The number of nitrogens with one attached hydrogen (secondary N) is 2. The minimum Gasteiger partial charge on any atom is -0.367 e. The van der Waals surface area contributed by atoms with Crippen LogP contribution >= 0.6 is 0 Å². The number of anilines is 2. The molecular formula is C16H20N4. The highest BCUT2D eigenvalue weighted by Gasteiger charge is 2.21. The fraction of sp³-hybridized carbons (Fsp3) is 0.375. The van der Waals surface area contributed by atoms with Crippen LogP contribution in [0.4, 0.5) is 11.8 Å². The molecule has 1 aliphatic rings. The molecule has 0 atom stereocenters. The Morgan fingerprint density at radius 1 is 1.10 bits per heavy atom. The molecule has 2 aromatic rings. The van der Waals surface area contributed by atoms with Crippen molar-refractivity contribution in [2.24, 2.45) is 0 Å². The molecule has 0 amide bonds. The Morgan fingerprint density at radius 2 is 1.95 bits per heavy atom. The van der Waals surface area contributed by atoms with Gasteiger partial charge in [-0.25, -0.2) is 4.98 Å². The predicted molar refractivity (Wildman–Crippen MR) is 81.9 cm³/mol. The van der Waals surface area contributed by atoms with Crippen molar-refractivity contribution in [2.75, 3.05) is 17.2 Å². The van der Waals surface area contributed by atoms with E-state index in [0.29, 0.717) is 12.0 Å². The first-order chi connectivity index (χ1) is 9.90. The Hall–Kier alpha value is -2.10. The molecule has 1 aromatic heterocycles. The second-order valence-corrected chi connectivity index (χ2v) is 5.20. The van der Waals surface area contributed by atoms with E-state index in [0.717, 1.165) is 25.2 Å². The number of aryl methyl sites for hydroxylation is 1. The van der Waals surface area contributed by atoms with Gasteiger partial charge in [0.2, 0.25) is 5.95 Å². The van der Waals surface area contributed by atoms with Crippen molar-refractivity contribution in [2.45, 2.75) is 31.7 Å². The van der Waals surface area contributed by atoms with Crippen LogP contribution in [0, 0.1) is 0 Å². The van der Waals surface area contributed by atoms with Gasteiger partial charge in [0.05, 0.1) is 0 Å². The fourth-order valence-corrected chi connectivity index (χ4v) is 2.10. The van der Waals surface area contributed by atoms with Gasteiger partial charge in [-0.2, -0.15) is 4.98 Å². The van der Waals surface area contributed by atoms with E-state index in [-0.39, 0.29) is 0 Å². The van der Waals surface area contributed by atoms with Gasteiger partial charge in [0.1, 0.15) is 5.82 Å². The Balaban J connectivity index is 1.43. The van der Waals surface area contributed by atoms with Gasteiger partial charge in [0.15, 0.2) is 0 Å². The maximum atomic E-state index is 4.46. The summed E-state index contributed by atoms with van der Waals surface area (Å²) in [7, 11) is 0. The van der Waals surface area contributed by atoms with E-state index in [1.807, 2.05) is 12.1 Å². The number of rotatable bonds is 7. The zero-order chi connectivity index (χ0) is 13.6. The van der Waals surface area contributed by atoms with Gasteiger partial charge in [-0.15, -0.1) is 0 Å². The zero-order valence-corrected chi connectivity index (χ0v) is 11.5. The zero-order valence-electron chi connectivity index (χ0n) is 11.5. The van der Waals surface area contributed by atoms with E-state index in [1.165, 1.54) is 18.4 Å². The molecule has 3 rings (SSSR count). The number of aromatic nitrogens is 2. The third kappa shape index (κ3) is 3.95. The van der Waals surface area contributed by atoms with Crippen molar-refractivity contribution in [3.63, 3.8) is 0 Å². The third-order valence-corrected chi connectivity index (χ3v) is 3.35. The summed E-state index contributed by atoms with van der Waals surface area (Å²) >= 11 is 0. The van der Waals surface area contributed by atoms with Crippen LogP contribution < -0.4 is 10.6 Å². The Morgan fingerprint density at radius 3 is 2.75 bits per heavy atom. The second kappa shape index (κ2) is 6.37. The summed E-state index contributed by atoms with van der Waals surface area (Å²) in [4.78, 5) is 8.71. The minimum atomic E-state index is 0.621. The largest absolute Gasteiger partial charge is 0.367 e. The average Bonchev–Trinajstić information content (AvgIpc) is 3.29. The summed E-state index contributed by atoms with van der Waals surface area (Å²) in [6.07, 6.45) is 6.46. The molecule has 0 aliphatic heterocycles. The van der Waals surface area contributed by atoms with Gasteiger partial charge in [0.25, 0.3) is 0 Å². The quantitative estimate of drug-likeness (QED) is 0.758. The fourth-order valence-electron chi connectivity index (χ4n) is 2.10. The summed E-state index contributed by atoms with van der Waals surface area (Å²) in [5, 5.41) is 6.67. The molecule has 2 N–H and O–H groups in total. The van der Waals surface area contributed by atoms with E-state index >= 15 is 0 Å². The smallest absolute Gasteiger partial charge is 0.224 e. The highest BCUT2D eigenvalue weighted by Crippen LogP contribution is 2.23. The van der Waals surface area contributed by atoms with Crippen LogP contribution in [0.5, 0.6) is 0 Å². The highest BCUT2D eigenvalue weighted by molar-refractivity contribution is 5.41. The molecule has 1 aromatic carbocycles. The maximum absolute atomic E-state index is 4.46. The predicted octanol–water partition coefficient (Wildman–Crippen LogP) is 3.10. The molecule has 0 bridgehead atoms. The van der Waals surface area contributed by atoms with Crippen molar-refractivity contribution in [3.05, 3.63) is 48.2 Å². The van der Waals surface area contributed by atoms with Crippen LogP contribution in [-0.2, 0) is 6.42 Å². The Labute approximate surface area is 119 Å². The Bertz CT molecular complexity index is 537. The molecule has 0 radical (unpaired) electrons. The first-order valence-electron chi connectivity index (χ1n) is 7.27. The standard InChI is InChI=1S/C16H20N4/c1-2-5-13(6-3-1)7-4-11-17-16-18-12-10-15(20-16)19-14-8-9-14/h1-3,5-6,10,12,14H,4,7-9,11H2,(H2,17,18,19,20). The maximum Gasteiger partial charge on any atom is 0.224 e. The van der Waals surface area contributed by atoms with Crippen LogP contribution in [0.2, 0.25) is 0 Å². The molecule has 0 saturated heterocycles. The SMILES string of the molecule is c1ccc(CCCNc2nccc(NC3CC3)n2)cc1. The summed E-state index contributed by atoms with van der Waals surface area (Å²) in [5.74, 6) is 1.64. The third-order valence-electron chi connectivity index (χ3n) is 3.35. The molecule has 4 nitrogen and oxygen atoms in total. The van der Waals surface area contributed by atoms with Crippen molar-refractivity contribution in [1.82, 2.24) is 9.97 Å². The molecule has 4 heteroatoms. The van der Waals surface area contributed by atoms with Crippen molar-refractivity contribution >= 4 is 11.8 Å². The topological polar surface area (TPSA) is 49.8 Å². The molecule has 1 aliphatic carbocycles.